The Kier molecular flexibility index (Phi) is 6.17. The number of carbonyl (C=O) groups is 1. The van der Waals surface area contributed by atoms with Crippen molar-refractivity contribution in [2.24, 2.45) is 10.4 Å². The molecule has 0 bridgehead atoms. The van der Waals surface area contributed by atoms with Gasteiger partial charge in [-0.1, -0.05) is 6.42 Å². The van der Waals surface area contributed by atoms with Crippen LogP contribution >= 0.6 is 24.0 Å². The van der Waals surface area contributed by atoms with E-state index in [1.165, 1.54) is 32.8 Å². The highest BCUT2D eigenvalue weighted by molar-refractivity contribution is 14.0. The zero-order valence-electron chi connectivity index (χ0n) is 14.6. The van der Waals surface area contributed by atoms with E-state index < -0.39 is 0 Å². The van der Waals surface area contributed by atoms with Gasteiger partial charge in [-0.3, -0.25) is 4.99 Å². The summed E-state index contributed by atoms with van der Waals surface area (Å²) in [7, 11) is 3.18. The van der Waals surface area contributed by atoms with E-state index in [0.717, 1.165) is 19.0 Å². The summed E-state index contributed by atoms with van der Waals surface area (Å²) < 4.78 is 10.4. The molecule has 1 spiro atoms. The van der Waals surface area contributed by atoms with Crippen LogP contribution in [0.1, 0.15) is 47.6 Å². The fourth-order valence-electron chi connectivity index (χ4n) is 3.64. The molecule has 1 N–H and O–H groups in total. The highest BCUT2D eigenvalue weighted by Gasteiger charge is 2.43. The summed E-state index contributed by atoms with van der Waals surface area (Å²) in [5.74, 6) is 1.83. The number of rotatable bonds is 3. The molecule has 2 fully saturated rings. The molecule has 2 heterocycles. The number of nitrogens with one attached hydrogen (secondary N) is 1. The molecular formula is C17H26IN3O3. The van der Waals surface area contributed by atoms with Gasteiger partial charge in [0.25, 0.3) is 0 Å². The first-order valence-corrected chi connectivity index (χ1v) is 8.20. The Morgan fingerprint density at radius 3 is 2.75 bits per heavy atom. The average molecular weight is 447 g/mol. The van der Waals surface area contributed by atoms with Crippen LogP contribution in [-0.2, 0) is 11.3 Å². The molecule has 3 rings (SSSR count). The number of aryl methyl sites for hydroxylation is 1. The molecular weight excluding hydrogens is 421 g/mol. The third-order valence-electron chi connectivity index (χ3n) is 5.16. The number of carbonyl (C=O) groups excluding carboxylic acids is 1. The van der Waals surface area contributed by atoms with Crippen molar-refractivity contribution >= 4 is 35.9 Å². The van der Waals surface area contributed by atoms with Crippen LogP contribution in [0.25, 0.3) is 0 Å². The van der Waals surface area contributed by atoms with Gasteiger partial charge in [0.05, 0.1) is 13.7 Å². The fourth-order valence-corrected chi connectivity index (χ4v) is 3.64. The Morgan fingerprint density at radius 2 is 2.21 bits per heavy atom. The minimum absolute atomic E-state index is 0. The second-order valence-electron chi connectivity index (χ2n) is 6.60. The lowest BCUT2D eigenvalue weighted by Crippen LogP contribution is -2.42. The van der Waals surface area contributed by atoms with Gasteiger partial charge in [-0.15, -0.1) is 24.0 Å². The molecule has 134 valence electrons. The second-order valence-corrected chi connectivity index (χ2v) is 6.60. The number of hydrogen-bond donors (Lipinski definition) is 1. The summed E-state index contributed by atoms with van der Waals surface area (Å²) in [6.45, 7) is 4.43. The van der Waals surface area contributed by atoms with Crippen LogP contribution in [0.2, 0.25) is 0 Å². The first kappa shape index (κ1) is 19.1. The Balaban J connectivity index is 0.00000208. The van der Waals surface area contributed by atoms with Crippen LogP contribution in [-0.4, -0.2) is 44.1 Å². The lowest BCUT2D eigenvalue weighted by atomic mass is 9.68. The van der Waals surface area contributed by atoms with Crippen LogP contribution in [0.5, 0.6) is 0 Å². The molecule has 0 unspecified atom stereocenters. The van der Waals surface area contributed by atoms with E-state index in [9.17, 15) is 4.79 Å². The van der Waals surface area contributed by atoms with Gasteiger partial charge in [0.2, 0.25) is 0 Å². The van der Waals surface area contributed by atoms with Gasteiger partial charge in [-0.2, -0.15) is 0 Å². The van der Waals surface area contributed by atoms with E-state index in [1.54, 1.807) is 20.0 Å². The van der Waals surface area contributed by atoms with E-state index in [0.29, 0.717) is 29.0 Å². The normalized spacial score (nSPS) is 19.0. The summed E-state index contributed by atoms with van der Waals surface area (Å²) in [4.78, 5) is 18.3. The van der Waals surface area contributed by atoms with Crippen molar-refractivity contribution in [2.45, 2.75) is 39.2 Å². The molecule has 1 aromatic rings. The van der Waals surface area contributed by atoms with E-state index in [2.05, 4.69) is 15.2 Å². The number of furan rings is 1. The molecule has 2 aliphatic rings. The van der Waals surface area contributed by atoms with Gasteiger partial charge in [0.15, 0.2) is 5.96 Å². The van der Waals surface area contributed by atoms with E-state index >= 15 is 0 Å². The number of esters is 1. The minimum Gasteiger partial charge on any atom is -0.465 e. The topological polar surface area (TPSA) is 67.1 Å². The van der Waals surface area contributed by atoms with Crippen molar-refractivity contribution in [3.8, 4) is 0 Å². The van der Waals surface area contributed by atoms with Crippen molar-refractivity contribution in [1.29, 1.82) is 0 Å². The van der Waals surface area contributed by atoms with Crippen molar-refractivity contribution in [3.63, 3.8) is 0 Å². The SMILES string of the molecule is CN=C(NCc1cc(C(=O)OC)c(C)o1)N1CCC2(CCC2)C1.I. The van der Waals surface area contributed by atoms with Gasteiger partial charge in [-0.05, 0) is 37.7 Å². The monoisotopic (exact) mass is 447 g/mol. The molecule has 0 radical (unpaired) electrons. The Bertz CT molecular complexity index is 623. The molecule has 0 amide bonds. The number of guanidine groups is 1. The van der Waals surface area contributed by atoms with Gasteiger partial charge in [0.1, 0.15) is 17.1 Å². The van der Waals surface area contributed by atoms with Crippen LogP contribution < -0.4 is 5.32 Å². The molecule has 0 aromatic carbocycles. The molecule has 24 heavy (non-hydrogen) atoms. The number of halogens is 1. The van der Waals surface area contributed by atoms with Crippen molar-refractivity contribution in [2.75, 3.05) is 27.2 Å². The maximum Gasteiger partial charge on any atom is 0.341 e. The van der Waals surface area contributed by atoms with E-state index in [4.69, 9.17) is 9.15 Å². The maximum absolute atomic E-state index is 11.6. The highest BCUT2D eigenvalue weighted by atomic mass is 127. The third-order valence-corrected chi connectivity index (χ3v) is 5.16. The maximum atomic E-state index is 11.6. The number of methoxy groups -OCH3 is 1. The molecule has 1 saturated carbocycles. The molecule has 7 heteroatoms. The standard InChI is InChI=1S/C17H25N3O3.HI/c1-12-14(15(21)22-3)9-13(23-12)10-19-16(18-2)20-8-7-17(11-20)5-4-6-17;/h9H,4-8,10-11H2,1-3H3,(H,18,19);1H. The van der Waals surface area contributed by atoms with E-state index in [-0.39, 0.29) is 29.9 Å². The van der Waals surface area contributed by atoms with Crippen molar-refractivity contribution in [1.82, 2.24) is 10.2 Å². The van der Waals surface area contributed by atoms with Crippen LogP contribution in [0, 0.1) is 12.3 Å². The zero-order valence-corrected chi connectivity index (χ0v) is 16.9. The molecule has 6 nitrogen and oxygen atoms in total. The highest BCUT2D eigenvalue weighted by Crippen LogP contribution is 2.47. The quantitative estimate of drug-likeness (QED) is 0.334. The number of aliphatic imine (C=N–C) groups is 1. The Morgan fingerprint density at radius 1 is 1.46 bits per heavy atom. The third kappa shape index (κ3) is 3.70. The first-order valence-electron chi connectivity index (χ1n) is 8.20. The molecule has 1 saturated heterocycles. The lowest BCUT2D eigenvalue weighted by molar-refractivity contribution is 0.0599. The summed E-state index contributed by atoms with van der Waals surface area (Å²) in [6, 6.07) is 1.73. The smallest absolute Gasteiger partial charge is 0.341 e. The van der Waals surface area contributed by atoms with Crippen LogP contribution in [0.4, 0.5) is 0 Å². The van der Waals surface area contributed by atoms with Crippen LogP contribution in [0.15, 0.2) is 15.5 Å². The fraction of sp³-hybridized carbons (Fsp3) is 0.647. The Hall–Kier alpha value is -1.25. The summed E-state index contributed by atoms with van der Waals surface area (Å²) in [5.41, 5.74) is 1.02. The molecule has 1 aliphatic carbocycles. The van der Waals surface area contributed by atoms with Gasteiger partial charge < -0.3 is 19.4 Å². The number of likely N-dealkylation sites (tertiary alicyclic amines) is 1. The zero-order chi connectivity index (χ0) is 16.4. The van der Waals surface area contributed by atoms with Gasteiger partial charge in [-0.25, -0.2) is 4.79 Å². The average Bonchev–Trinajstić information content (AvgIpc) is 3.11. The predicted molar refractivity (Wildman–Crippen MR) is 103 cm³/mol. The predicted octanol–water partition coefficient (Wildman–Crippen LogP) is 2.94. The van der Waals surface area contributed by atoms with Crippen LogP contribution in [0.3, 0.4) is 0 Å². The van der Waals surface area contributed by atoms with Crippen molar-refractivity contribution in [3.05, 3.63) is 23.2 Å². The van der Waals surface area contributed by atoms with Gasteiger partial charge in [0, 0.05) is 20.1 Å². The Labute approximate surface area is 160 Å². The number of hydrogen-bond acceptors (Lipinski definition) is 4. The second kappa shape index (κ2) is 7.76. The first-order chi connectivity index (χ1) is 11.1. The summed E-state index contributed by atoms with van der Waals surface area (Å²) >= 11 is 0. The lowest BCUT2D eigenvalue weighted by Gasteiger charge is -2.38. The minimum atomic E-state index is -0.367. The molecule has 1 aliphatic heterocycles. The molecule has 0 atom stereocenters. The van der Waals surface area contributed by atoms with E-state index in [1.807, 2.05) is 0 Å². The number of ether oxygens (including phenoxy) is 1. The largest absolute Gasteiger partial charge is 0.465 e. The summed E-state index contributed by atoms with van der Waals surface area (Å²) in [5, 5.41) is 3.34. The van der Waals surface area contributed by atoms with Gasteiger partial charge >= 0.3 is 5.97 Å². The van der Waals surface area contributed by atoms with Crippen molar-refractivity contribution < 1.29 is 13.9 Å². The summed E-state index contributed by atoms with van der Waals surface area (Å²) in [6.07, 6.45) is 5.32. The molecule has 1 aromatic heterocycles. The number of nitrogens with zero attached hydrogens (tertiary/aromatic N) is 2.